The lowest BCUT2D eigenvalue weighted by atomic mass is 9.94. The van der Waals surface area contributed by atoms with E-state index in [1.807, 2.05) is 13.8 Å². The van der Waals surface area contributed by atoms with E-state index >= 15 is 0 Å². The van der Waals surface area contributed by atoms with E-state index in [1.54, 1.807) is 31.0 Å². The largest absolute Gasteiger partial charge is 0.342 e. The monoisotopic (exact) mass is 290 g/mol. The average Bonchev–Trinajstić information content (AvgIpc) is 2.46. The van der Waals surface area contributed by atoms with Gasteiger partial charge in [0.25, 0.3) is 0 Å². The molecular weight excluding hydrogens is 268 g/mol. The Morgan fingerprint density at radius 3 is 2.76 bits per heavy atom. The summed E-state index contributed by atoms with van der Waals surface area (Å²) in [5.74, 6) is 0.634. The van der Waals surface area contributed by atoms with E-state index in [1.165, 1.54) is 0 Å². The molecule has 21 heavy (non-hydrogen) atoms. The van der Waals surface area contributed by atoms with Gasteiger partial charge in [0.05, 0.1) is 12.2 Å². The maximum Gasteiger partial charge on any atom is 0.246 e. The minimum absolute atomic E-state index is 0.0345. The number of piperazine rings is 1. The molecule has 1 fully saturated rings. The van der Waals surface area contributed by atoms with Gasteiger partial charge in [0, 0.05) is 6.20 Å². The molecule has 0 radical (unpaired) electrons. The molecule has 3 unspecified atom stereocenters. The first-order chi connectivity index (χ1) is 9.93. The minimum atomic E-state index is -0.479. The van der Waals surface area contributed by atoms with Gasteiger partial charge in [-0.15, -0.1) is 0 Å². The Labute approximate surface area is 125 Å². The molecular formula is C15H22N4O2. The number of nitrogens with zero attached hydrogens (tertiary/aromatic N) is 3. The lowest BCUT2D eigenvalue weighted by Crippen LogP contribution is -2.63. The van der Waals surface area contributed by atoms with Crippen LogP contribution < -0.4 is 5.32 Å². The van der Waals surface area contributed by atoms with Crippen molar-refractivity contribution in [3.8, 4) is 0 Å². The summed E-state index contributed by atoms with van der Waals surface area (Å²) in [4.78, 5) is 34.7. The van der Waals surface area contributed by atoms with Crippen LogP contribution in [0.5, 0.6) is 0 Å². The van der Waals surface area contributed by atoms with Crippen molar-refractivity contribution in [2.24, 2.45) is 5.92 Å². The van der Waals surface area contributed by atoms with E-state index in [2.05, 4.69) is 15.3 Å². The Hall–Kier alpha value is -1.98. The van der Waals surface area contributed by atoms with Gasteiger partial charge in [0.15, 0.2) is 0 Å². The first kappa shape index (κ1) is 15.4. The van der Waals surface area contributed by atoms with Crippen LogP contribution in [0.3, 0.4) is 0 Å². The van der Waals surface area contributed by atoms with Crippen LogP contribution in [0.25, 0.3) is 0 Å². The highest BCUT2D eigenvalue weighted by molar-refractivity contribution is 5.96. The van der Waals surface area contributed by atoms with Gasteiger partial charge in [-0.3, -0.25) is 9.59 Å². The number of aromatic nitrogens is 2. The van der Waals surface area contributed by atoms with E-state index in [0.717, 1.165) is 12.1 Å². The highest BCUT2D eigenvalue weighted by Crippen LogP contribution is 2.19. The van der Waals surface area contributed by atoms with Crippen molar-refractivity contribution in [1.29, 1.82) is 0 Å². The lowest BCUT2D eigenvalue weighted by molar-refractivity contribution is -0.150. The molecule has 1 aromatic heterocycles. The van der Waals surface area contributed by atoms with Gasteiger partial charge in [0.2, 0.25) is 11.8 Å². The molecule has 0 aromatic carbocycles. The molecule has 1 N–H and O–H groups in total. The highest BCUT2D eigenvalue weighted by atomic mass is 16.2. The summed E-state index contributed by atoms with van der Waals surface area (Å²) >= 11 is 0. The number of carbonyl (C=O) groups excluding carboxylic acids is 2. The topological polar surface area (TPSA) is 75.2 Å². The molecule has 1 saturated heterocycles. The van der Waals surface area contributed by atoms with Crippen LogP contribution in [-0.4, -0.2) is 38.8 Å². The van der Waals surface area contributed by atoms with Gasteiger partial charge in [-0.25, -0.2) is 9.97 Å². The summed E-state index contributed by atoms with van der Waals surface area (Å²) in [5, 5.41) is 2.83. The van der Waals surface area contributed by atoms with Crippen molar-refractivity contribution in [3.63, 3.8) is 0 Å². The summed E-state index contributed by atoms with van der Waals surface area (Å²) in [6, 6.07) is 0.854. The maximum atomic E-state index is 12.6. The lowest BCUT2D eigenvalue weighted by Gasteiger charge is -2.39. The Kier molecular flexibility index (Phi) is 4.55. The third-order valence-electron chi connectivity index (χ3n) is 4.07. The first-order valence-electron chi connectivity index (χ1n) is 7.33. The fourth-order valence-electron chi connectivity index (χ4n) is 2.45. The second-order valence-corrected chi connectivity index (χ2v) is 5.61. The number of rotatable bonds is 4. The second-order valence-electron chi connectivity index (χ2n) is 5.61. The molecule has 0 aliphatic carbocycles. The van der Waals surface area contributed by atoms with Crippen molar-refractivity contribution in [3.05, 3.63) is 23.8 Å². The molecule has 1 aliphatic heterocycles. The van der Waals surface area contributed by atoms with E-state index in [-0.39, 0.29) is 17.7 Å². The van der Waals surface area contributed by atoms with Crippen LogP contribution >= 0.6 is 0 Å². The summed E-state index contributed by atoms with van der Waals surface area (Å²) in [6.07, 6.45) is 2.51. The molecule has 3 atom stereocenters. The van der Waals surface area contributed by atoms with Crippen molar-refractivity contribution in [2.45, 2.75) is 52.7 Å². The third kappa shape index (κ3) is 3.20. The Morgan fingerprint density at radius 1 is 1.43 bits per heavy atom. The molecule has 6 nitrogen and oxygen atoms in total. The maximum absolute atomic E-state index is 12.6. The second kappa shape index (κ2) is 6.20. The smallest absolute Gasteiger partial charge is 0.246 e. The summed E-state index contributed by atoms with van der Waals surface area (Å²) < 4.78 is 0. The van der Waals surface area contributed by atoms with Gasteiger partial charge in [0.1, 0.15) is 17.9 Å². The van der Waals surface area contributed by atoms with Crippen LogP contribution in [-0.2, 0) is 16.1 Å². The quantitative estimate of drug-likeness (QED) is 0.899. The van der Waals surface area contributed by atoms with Crippen LogP contribution in [0, 0.1) is 12.8 Å². The minimum Gasteiger partial charge on any atom is -0.342 e. The summed E-state index contributed by atoms with van der Waals surface area (Å²) in [5.41, 5.74) is 0.750. The van der Waals surface area contributed by atoms with Crippen LogP contribution in [0.15, 0.2) is 12.3 Å². The third-order valence-corrected chi connectivity index (χ3v) is 4.07. The van der Waals surface area contributed by atoms with Crippen molar-refractivity contribution < 1.29 is 9.59 Å². The summed E-state index contributed by atoms with van der Waals surface area (Å²) in [7, 11) is 0. The predicted octanol–water partition coefficient (Wildman–Crippen LogP) is 1.05. The first-order valence-corrected chi connectivity index (χ1v) is 7.33. The molecule has 0 saturated carbocycles. The number of aryl methyl sites for hydroxylation is 1. The van der Waals surface area contributed by atoms with Gasteiger partial charge in [-0.2, -0.15) is 0 Å². The zero-order chi connectivity index (χ0) is 15.6. The standard InChI is InChI=1S/C15H22N4O2/c1-5-9(2)13-15(21)19(10(3)14(20)18-13)8-12-6-7-16-11(4)17-12/h6-7,9-10,13H,5,8H2,1-4H3,(H,18,20). The molecule has 114 valence electrons. The van der Waals surface area contributed by atoms with Crippen LogP contribution in [0.4, 0.5) is 0 Å². The number of hydrogen-bond acceptors (Lipinski definition) is 4. The average molecular weight is 290 g/mol. The fourth-order valence-corrected chi connectivity index (χ4v) is 2.45. The number of nitrogens with one attached hydrogen (secondary N) is 1. The molecule has 6 heteroatoms. The molecule has 2 amide bonds. The highest BCUT2D eigenvalue weighted by Gasteiger charge is 2.40. The van der Waals surface area contributed by atoms with Crippen molar-refractivity contribution >= 4 is 11.8 Å². The molecule has 0 spiro atoms. The summed E-state index contributed by atoms with van der Waals surface area (Å²) in [6.45, 7) is 7.88. The fraction of sp³-hybridized carbons (Fsp3) is 0.600. The zero-order valence-corrected chi connectivity index (χ0v) is 13.0. The van der Waals surface area contributed by atoms with Gasteiger partial charge < -0.3 is 10.2 Å². The van der Waals surface area contributed by atoms with Crippen LogP contribution in [0.1, 0.15) is 38.7 Å². The predicted molar refractivity (Wildman–Crippen MR) is 78.2 cm³/mol. The van der Waals surface area contributed by atoms with Gasteiger partial charge in [-0.1, -0.05) is 20.3 Å². The number of amides is 2. The van der Waals surface area contributed by atoms with E-state index < -0.39 is 12.1 Å². The molecule has 2 heterocycles. The van der Waals surface area contributed by atoms with Gasteiger partial charge in [-0.05, 0) is 25.8 Å². The van der Waals surface area contributed by atoms with Gasteiger partial charge >= 0.3 is 0 Å². The Bertz CT molecular complexity index is 546. The van der Waals surface area contributed by atoms with Crippen molar-refractivity contribution in [1.82, 2.24) is 20.2 Å². The van der Waals surface area contributed by atoms with Crippen molar-refractivity contribution in [2.75, 3.05) is 0 Å². The number of carbonyl (C=O) groups is 2. The molecule has 1 aromatic rings. The van der Waals surface area contributed by atoms with E-state index in [4.69, 9.17) is 0 Å². The Morgan fingerprint density at radius 2 is 2.14 bits per heavy atom. The van der Waals surface area contributed by atoms with E-state index in [0.29, 0.717) is 12.4 Å². The SMILES string of the molecule is CCC(C)C1NC(=O)C(C)N(Cc2ccnc(C)n2)C1=O. The normalized spacial score (nSPS) is 23.9. The molecule has 1 aliphatic rings. The Balaban J connectivity index is 2.22. The van der Waals surface area contributed by atoms with E-state index in [9.17, 15) is 9.59 Å². The molecule has 0 bridgehead atoms. The number of hydrogen-bond donors (Lipinski definition) is 1. The molecule has 2 rings (SSSR count). The zero-order valence-electron chi connectivity index (χ0n) is 13.0. The van der Waals surface area contributed by atoms with Crippen LogP contribution in [0.2, 0.25) is 0 Å².